The zero-order chi connectivity index (χ0) is 19.2. The predicted molar refractivity (Wildman–Crippen MR) is 103 cm³/mol. The number of nitrogens with zero attached hydrogens (tertiary/aromatic N) is 2. The number of rotatable bonds is 10. The Bertz CT molecular complexity index is 622. The number of unbranched alkanes of at least 4 members (excludes halogenated alkanes) is 2. The Hall–Kier alpha value is -3.16. The fraction of sp³-hybridized carbons (Fsp3) is 0.368. The molecule has 4 N–H and O–H groups in total. The third kappa shape index (κ3) is 9.20. The van der Waals surface area contributed by atoms with Crippen molar-refractivity contribution >= 4 is 12.1 Å². The highest BCUT2D eigenvalue weighted by molar-refractivity contribution is 5.74. The maximum atomic E-state index is 11.7. The lowest BCUT2D eigenvalue weighted by Gasteiger charge is -2.09. The van der Waals surface area contributed by atoms with Gasteiger partial charge in [-0.15, -0.1) is 0 Å². The van der Waals surface area contributed by atoms with Crippen LogP contribution in [0, 0.1) is 0 Å². The van der Waals surface area contributed by atoms with E-state index in [2.05, 4.69) is 31.2 Å². The van der Waals surface area contributed by atoms with E-state index in [1.165, 1.54) is 0 Å². The Morgan fingerprint density at radius 3 is 1.44 bits per heavy atom. The first-order valence-corrected chi connectivity index (χ1v) is 9.05. The SMILES string of the molecule is O=C(NCCCCCNC(=O)NCc1ccncc1)NCc1ccncc1. The van der Waals surface area contributed by atoms with Crippen LogP contribution in [0.4, 0.5) is 9.59 Å². The van der Waals surface area contributed by atoms with Crippen LogP contribution in [-0.2, 0) is 13.1 Å². The summed E-state index contributed by atoms with van der Waals surface area (Å²) in [5, 5.41) is 11.2. The summed E-state index contributed by atoms with van der Waals surface area (Å²) in [7, 11) is 0. The topological polar surface area (TPSA) is 108 Å². The minimum Gasteiger partial charge on any atom is -0.338 e. The van der Waals surface area contributed by atoms with Gasteiger partial charge in [0.25, 0.3) is 0 Å². The van der Waals surface area contributed by atoms with Crippen molar-refractivity contribution in [2.45, 2.75) is 32.4 Å². The molecule has 2 rings (SSSR count). The Labute approximate surface area is 159 Å². The number of hydrogen-bond acceptors (Lipinski definition) is 4. The van der Waals surface area contributed by atoms with Crippen LogP contribution in [-0.4, -0.2) is 35.1 Å². The maximum Gasteiger partial charge on any atom is 0.315 e. The van der Waals surface area contributed by atoms with Crippen LogP contribution in [0.2, 0.25) is 0 Å². The van der Waals surface area contributed by atoms with Crippen LogP contribution in [0.1, 0.15) is 30.4 Å². The van der Waals surface area contributed by atoms with Crippen molar-refractivity contribution in [3.05, 3.63) is 60.2 Å². The molecule has 2 heterocycles. The average Bonchev–Trinajstić information content (AvgIpc) is 2.71. The van der Waals surface area contributed by atoms with Crippen molar-refractivity contribution in [1.82, 2.24) is 31.2 Å². The quantitative estimate of drug-likeness (QED) is 0.479. The molecule has 2 aromatic heterocycles. The zero-order valence-corrected chi connectivity index (χ0v) is 15.3. The van der Waals surface area contributed by atoms with Crippen LogP contribution >= 0.6 is 0 Å². The normalized spacial score (nSPS) is 10.1. The van der Waals surface area contributed by atoms with Crippen LogP contribution in [0.15, 0.2) is 49.1 Å². The molecule has 8 nitrogen and oxygen atoms in total. The van der Waals surface area contributed by atoms with Crippen LogP contribution in [0.25, 0.3) is 0 Å². The summed E-state index contributed by atoms with van der Waals surface area (Å²) in [6.07, 6.45) is 9.44. The molecule has 144 valence electrons. The van der Waals surface area contributed by atoms with Crippen molar-refractivity contribution in [3.63, 3.8) is 0 Å². The third-order valence-electron chi connectivity index (χ3n) is 3.83. The molecule has 27 heavy (non-hydrogen) atoms. The van der Waals surface area contributed by atoms with E-state index in [9.17, 15) is 9.59 Å². The van der Waals surface area contributed by atoms with Gasteiger partial charge in [0.2, 0.25) is 0 Å². The molecular weight excluding hydrogens is 344 g/mol. The van der Waals surface area contributed by atoms with E-state index in [0.717, 1.165) is 30.4 Å². The van der Waals surface area contributed by atoms with Gasteiger partial charge in [-0.2, -0.15) is 0 Å². The standard InChI is InChI=1S/C19H26N6O2/c26-18(24-14-16-4-10-20-11-5-16)22-8-2-1-3-9-23-19(27)25-15-17-6-12-21-13-7-17/h4-7,10-13H,1-3,8-9,14-15H2,(H2,22,24,26)(H2,23,25,27). The molecule has 0 radical (unpaired) electrons. The van der Waals surface area contributed by atoms with Gasteiger partial charge in [-0.1, -0.05) is 0 Å². The van der Waals surface area contributed by atoms with Gasteiger partial charge in [0.05, 0.1) is 0 Å². The molecule has 0 unspecified atom stereocenters. The first kappa shape index (κ1) is 20.2. The van der Waals surface area contributed by atoms with Crippen LogP contribution < -0.4 is 21.3 Å². The summed E-state index contributed by atoms with van der Waals surface area (Å²) in [6, 6.07) is 7.09. The van der Waals surface area contributed by atoms with Crippen LogP contribution in [0.3, 0.4) is 0 Å². The number of nitrogens with one attached hydrogen (secondary N) is 4. The minimum atomic E-state index is -0.180. The van der Waals surface area contributed by atoms with E-state index in [1.807, 2.05) is 24.3 Å². The van der Waals surface area contributed by atoms with E-state index >= 15 is 0 Å². The number of aromatic nitrogens is 2. The smallest absolute Gasteiger partial charge is 0.315 e. The second-order valence-corrected chi connectivity index (χ2v) is 5.99. The number of carbonyl (C=O) groups excluding carboxylic acids is 2. The van der Waals surface area contributed by atoms with Gasteiger partial charge in [0, 0.05) is 51.0 Å². The second kappa shape index (κ2) is 12.2. The van der Waals surface area contributed by atoms with Crippen molar-refractivity contribution in [1.29, 1.82) is 0 Å². The highest BCUT2D eigenvalue weighted by Crippen LogP contribution is 1.96. The molecule has 0 aliphatic carbocycles. The number of amides is 4. The highest BCUT2D eigenvalue weighted by atomic mass is 16.2. The lowest BCUT2D eigenvalue weighted by molar-refractivity contribution is 0.240. The minimum absolute atomic E-state index is 0.180. The summed E-state index contributed by atoms with van der Waals surface area (Å²) >= 11 is 0. The lowest BCUT2D eigenvalue weighted by Crippen LogP contribution is -2.36. The third-order valence-corrected chi connectivity index (χ3v) is 3.83. The molecule has 0 saturated carbocycles. The first-order valence-electron chi connectivity index (χ1n) is 9.05. The zero-order valence-electron chi connectivity index (χ0n) is 15.3. The number of urea groups is 2. The molecule has 4 amide bonds. The Balaban J connectivity index is 1.41. The van der Waals surface area contributed by atoms with E-state index in [-0.39, 0.29) is 12.1 Å². The van der Waals surface area contributed by atoms with E-state index in [0.29, 0.717) is 26.2 Å². The highest BCUT2D eigenvalue weighted by Gasteiger charge is 2.01. The van der Waals surface area contributed by atoms with Crippen LogP contribution in [0.5, 0.6) is 0 Å². The number of carbonyl (C=O) groups is 2. The maximum absolute atomic E-state index is 11.7. The van der Waals surface area contributed by atoms with Crippen molar-refractivity contribution < 1.29 is 9.59 Å². The van der Waals surface area contributed by atoms with Gasteiger partial charge < -0.3 is 21.3 Å². The fourth-order valence-corrected chi connectivity index (χ4v) is 2.32. The monoisotopic (exact) mass is 370 g/mol. The predicted octanol–water partition coefficient (Wildman–Crippen LogP) is 1.95. The summed E-state index contributed by atoms with van der Waals surface area (Å²) in [5.74, 6) is 0. The van der Waals surface area contributed by atoms with E-state index in [1.54, 1.807) is 24.8 Å². The lowest BCUT2D eigenvalue weighted by atomic mass is 10.2. The van der Waals surface area contributed by atoms with Gasteiger partial charge in [0.15, 0.2) is 0 Å². The molecular formula is C19H26N6O2. The summed E-state index contributed by atoms with van der Waals surface area (Å²) in [6.45, 7) is 2.17. The van der Waals surface area contributed by atoms with Crippen molar-refractivity contribution in [2.75, 3.05) is 13.1 Å². The van der Waals surface area contributed by atoms with Gasteiger partial charge in [-0.25, -0.2) is 9.59 Å². The second-order valence-electron chi connectivity index (χ2n) is 5.99. The van der Waals surface area contributed by atoms with Gasteiger partial charge in [-0.3, -0.25) is 9.97 Å². The van der Waals surface area contributed by atoms with Crippen molar-refractivity contribution in [2.24, 2.45) is 0 Å². The largest absolute Gasteiger partial charge is 0.338 e. The average molecular weight is 370 g/mol. The summed E-state index contributed by atoms with van der Waals surface area (Å²) in [5.41, 5.74) is 2.02. The molecule has 0 aliphatic rings. The van der Waals surface area contributed by atoms with E-state index in [4.69, 9.17) is 0 Å². The van der Waals surface area contributed by atoms with Gasteiger partial charge in [0.1, 0.15) is 0 Å². The molecule has 8 heteroatoms. The molecule has 0 saturated heterocycles. The number of pyridine rings is 2. The molecule has 0 spiro atoms. The Kier molecular flexibility index (Phi) is 9.13. The molecule has 0 aliphatic heterocycles. The molecule has 0 aromatic carbocycles. The van der Waals surface area contributed by atoms with Crippen molar-refractivity contribution in [3.8, 4) is 0 Å². The number of hydrogen-bond donors (Lipinski definition) is 4. The summed E-state index contributed by atoms with van der Waals surface area (Å²) in [4.78, 5) is 31.2. The Morgan fingerprint density at radius 2 is 1.04 bits per heavy atom. The molecule has 0 atom stereocenters. The van der Waals surface area contributed by atoms with E-state index < -0.39 is 0 Å². The first-order chi connectivity index (χ1) is 13.2. The van der Waals surface area contributed by atoms with Gasteiger partial charge in [-0.05, 0) is 54.7 Å². The molecule has 0 bridgehead atoms. The fourth-order valence-electron chi connectivity index (χ4n) is 2.32. The summed E-state index contributed by atoms with van der Waals surface area (Å²) < 4.78 is 0. The Morgan fingerprint density at radius 1 is 0.630 bits per heavy atom. The van der Waals surface area contributed by atoms with Gasteiger partial charge >= 0.3 is 12.1 Å². The molecule has 2 aromatic rings. The molecule has 0 fully saturated rings.